The van der Waals surface area contributed by atoms with Crippen molar-refractivity contribution in [3.8, 4) is 5.75 Å². The van der Waals surface area contributed by atoms with Crippen LogP contribution in [0.3, 0.4) is 0 Å². The SMILES string of the molecule is Nc1cnc(COc2ccccc2C(F)(F)F)[nH]1. The molecule has 0 atom stereocenters. The second-order valence-electron chi connectivity index (χ2n) is 3.57. The van der Waals surface area contributed by atoms with Crippen molar-refractivity contribution >= 4 is 5.82 Å². The van der Waals surface area contributed by atoms with E-state index in [2.05, 4.69) is 9.97 Å². The number of hydrogen-bond acceptors (Lipinski definition) is 3. The number of imidazole rings is 1. The Morgan fingerprint density at radius 2 is 2.00 bits per heavy atom. The van der Waals surface area contributed by atoms with Crippen LogP contribution in [0, 0.1) is 0 Å². The molecule has 1 heterocycles. The van der Waals surface area contributed by atoms with Crippen LogP contribution in [0.2, 0.25) is 0 Å². The van der Waals surface area contributed by atoms with Gasteiger partial charge in [-0.2, -0.15) is 13.2 Å². The number of ether oxygens (including phenoxy) is 1. The first-order chi connectivity index (χ1) is 8.47. The molecule has 0 spiro atoms. The largest absolute Gasteiger partial charge is 0.485 e. The minimum atomic E-state index is -4.45. The summed E-state index contributed by atoms with van der Waals surface area (Å²) in [6.45, 7) is -0.107. The van der Waals surface area contributed by atoms with Gasteiger partial charge >= 0.3 is 6.18 Å². The average molecular weight is 257 g/mol. The van der Waals surface area contributed by atoms with E-state index in [9.17, 15) is 13.2 Å². The number of nitrogen functional groups attached to an aromatic ring is 1. The number of para-hydroxylation sites is 1. The Hall–Kier alpha value is -2.18. The van der Waals surface area contributed by atoms with Gasteiger partial charge in [0.15, 0.2) is 0 Å². The topological polar surface area (TPSA) is 63.9 Å². The first-order valence-electron chi connectivity index (χ1n) is 5.05. The van der Waals surface area contributed by atoms with Gasteiger partial charge in [0, 0.05) is 0 Å². The summed E-state index contributed by atoms with van der Waals surface area (Å²) in [5, 5.41) is 0. The van der Waals surface area contributed by atoms with Crippen molar-refractivity contribution in [1.29, 1.82) is 0 Å². The lowest BCUT2D eigenvalue weighted by molar-refractivity contribution is -0.139. The van der Waals surface area contributed by atoms with Crippen molar-refractivity contribution in [2.75, 3.05) is 5.73 Å². The molecular weight excluding hydrogens is 247 g/mol. The molecule has 0 aliphatic heterocycles. The molecule has 2 aromatic rings. The second kappa shape index (κ2) is 4.59. The molecule has 0 fully saturated rings. The normalized spacial score (nSPS) is 11.5. The minimum absolute atomic E-state index is 0.107. The predicted molar refractivity (Wildman–Crippen MR) is 58.8 cm³/mol. The molecule has 1 aromatic carbocycles. The van der Waals surface area contributed by atoms with Crippen molar-refractivity contribution in [1.82, 2.24) is 9.97 Å². The molecule has 96 valence electrons. The van der Waals surface area contributed by atoms with Crippen molar-refractivity contribution in [3.63, 3.8) is 0 Å². The van der Waals surface area contributed by atoms with Gasteiger partial charge in [-0.3, -0.25) is 0 Å². The third-order valence-electron chi connectivity index (χ3n) is 2.20. The van der Waals surface area contributed by atoms with E-state index in [0.29, 0.717) is 11.6 Å². The number of aromatic amines is 1. The zero-order chi connectivity index (χ0) is 13.2. The predicted octanol–water partition coefficient (Wildman–Crippen LogP) is 2.59. The van der Waals surface area contributed by atoms with Crippen LogP contribution in [0.1, 0.15) is 11.4 Å². The first kappa shape index (κ1) is 12.3. The van der Waals surface area contributed by atoms with Gasteiger partial charge in [0.2, 0.25) is 0 Å². The number of nitrogens with one attached hydrogen (secondary N) is 1. The van der Waals surface area contributed by atoms with E-state index in [0.717, 1.165) is 6.07 Å². The van der Waals surface area contributed by atoms with E-state index in [1.165, 1.54) is 24.4 Å². The zero-order valence-corrected chi connectivity index (χ0v) is 9.16. The van der Waals surface area contributed by atoms with Gasteiger partial charge in [-0.1, -0.05) is 12.1 Å². The summed E-state index contributed by atoms with van der Waals surface area (Å²) in [5.41, 5.74) is 4.58. The lowest BCUT2D eigenvalue weighted by Crippen LogP contribution is -2.09. The minimum Gasteiger partial charge on any atom is -0.485 e. The summed E-state index contributed by atoms with van der Waals surface area (Å²) in [6, 6.07) is 5.00. The van der Waals surface area contributed by atoms with Crippen LogP contribution in [0.4, 0.5) is 19.0 Å². The number of halogens is 3. The molecule has 0 aliphatic rings. The fourth-order valence-electron chi connectivity index (χ4n) is 1.42. The molecule has 0 saturated heterocycles. The monoisotopic (exact) mass is 257 g/mol. The maximum atomic E-state index is 12.7. The Morgan fingerprint density at radius 1 is 1.28 bits per heavy atom. The molecule has 1 aromatic heterocycles. The van der Waals surface area contributed by atoms with E-state index in [1.807, 2.05) is 0 Å². The zero-order valence-electron chi connectivity index (χ0n) is 9.16. The van der Waals surface area contributed by atoms with E-state index in [4.69, 9.17) is 10.5 Å². The van der Waals surface area contributed by atoms with Crippen LogP contribution >= 0.6 is 0 Å². The Morgan fingerprint density at radius 3 is 2.61 bits per heavy atom. The average Bonchev–Trinajstić information content (AvgIpc) is 2.72. The molecule has 0 saturated carbocycles. The van der Waals surface area contributed by atoms with E-state index in [1.54, 1.807) is 0 Å². The molecule has 4 nitrogen and oxygen atoms in total. The number of rotatable bonds is 3. The Bertz CT molecular complexity index is 536. The van der Waals surface area contributed by atoms with Gasteiger partial charge in [0.05, 0.1) is 11.8 Å². The van der Waals surface area contributed by atoms with Crippen molar-refractivity contribution < 1.29 is 17.9 Å². The van der Waals surface area contributed by atoms with Crippen LogP contribution in [-0.2, 0) is 12.8 Å². The van der Waals surface area contributed by atoms with Crippen LogP contribution in [0.25, 0.3) is 0 Å². The smallest absolute Gasteiger partial charge is 0.419 e. The Balaban J connectivity index is 2.14. The van der Waals surface area contributed by atoms with Crippen molar-refractivity contribution in [2.45, 2.75) is 12.8 Å². The number of alkyl halides is 3. The molecular formula is C11H10F3N3O. The van der Waals surface area contributed by atoms with Crippen molar-refractivity contribution in [3.05, 3.63) is 41.9 Å². The summed E-state index contributed by atoms with van der Waals surface area (Å²) in [6.07, 6.45) is -3.08. The summed E-state index contributed by atoms with van der Waals surface area (Å²) in [5.74, 6) is 0.460. The van der Waals surface area contributed by atoms with Crippen LogP contribution < -0.4 is 10.5 Å². The molecule has 0 unspecified atom stereocenters. The fourth-order valence-corrected chi connectivity index (χ4v) is 1.42. The maximum absolute atomic E-state index is 12.7. The third-order valence-corrected chi connectivity index (χ3v) is 2.20. The van der Waals surface area contributed by atoms with Crippen LogP contribution in [0.5, 0.6) is 5.75 Å². The summed E-state index contributed by atoms with van der Waals surface area (Å²) >= 11 is 0. The van der Waals surface area contributed by atoms with E-state index < -0.39 is 11.7 Å². The second-order valence-corrected chi connectivity index (χ2v) is 3.57. The number of nitrogens with two attached hydrogens (primary N) is 1. The standard InChI is InChI=1S/C11H10F3N3O/c12-11(13,14)7-3-1-2-4-8(7)18-6-10-16-5-9(15)17-10/h1-5H,6,15H2,(H,16,17). The summed E-state index contributed by atoms with van der Waals surface area (Å²) < 4.78 is 43.1. The fraction of sp³-hybridized carbons (Fsp3) is 0.182. The van der Waals surface area contributed by atoms with Gasteiger partial charge in [-0.05, 0) is 12.1 Å². The molecule has 18 heavy (non-hydrogen) atoms. The molecule has 0 aliphatic carbocycles. The maximum Gasteiger partial charge on any atom is 0.419 e. The highest BCUT2D eigenvalue weighted by Gasteiger charge is 2.34. The van der Waals surface area contributed by atoms with Crippen LogP contribution in [-0.4, -0.2) is 9.97 Å². The van der Waals surface area contributed by atoms with Gasteiger partial charge < -0.3 is 15.5 Å². The van der Waals surface area contributed by atoms with E-state index in [-0.39, 0.29) is 12.4 Å². The van der Waals surface area contributed by atoms with Crippen molar-refractivity contribution in [2.24, 2.45) is 0 Å². The highest BCUT2D eigenvalue weighted by Crippen LogP contribution is 2.36. The molecule has 2 rings (SSSR count). The third kappa shape index (κ3) is 2.73. The van der Waals surface area contributed by atoms with Gasteiger partial charge in [-0.15, -0.1) is 0 Å². The highest BCUT2D eigenvalue weighted by molar-refractivity contribution is 5.35. The lowest BCUT2D eigenvalue weighted by atomic mass is 10.2. The summed E-state index contributed by atoms with van der Waals surface area (Å²) in [7, 11) is 0. The highest BCUT2D eigenvalue weighted by atomic mass is 19.4. The summed E-state index contributed by atoms with van der Waals surface area (Å²) in [4.78, 5) is 6.50. The Kier molecular flexibility index (Phi) is 3.14. The number of nitrogens with zero attached hydrogens (tertiary/aromatic N) is 1. The molecule has 0 bridgehead atoms. The Labute approximate surface area is 101 Å². The molecule has 0 amide bonds. The quantitative estimate of drug-likeness (QED) is 0.888. The van der Waals surface area contributed by atoms with Crippen LogP contribution in [0.15, 0.2) is 30.5 Å². The number of hydrogen-bond donors (Lipinski definition) is 2. The molecule has 0 radical (unpaired) electrons. The van der Waals surface area contributed by atoms with Gasteiger partial charge in [-0.25, -0.2) is 4.98 Å². The lowest BCUT2D eigenvalue weighted by Gasteiger charge is -2.12. The van der Waals surface area contributed by atoms with Gasteiger partial charge in [0.1, 0.15) is 24.0 Å². The number of aromatic nitrogens is 2. The van der Waals surface area contributed by atoms with Gasteiger partial charge in [0.25, 0.3) is 0 Å². The number of anilines is 1. The number of H-pyrrole nitrogens is 1. The molecule has 7 heteroatoms. The number of benzene rings is 1. The first-order valence-corrected chi connectivity index (χ1v) is 5.05. The van der Waals surface area contributed by atoms with E-state index >= 15 is 0 Å². The molecule has 3 N–H and O–H groups in total.